The molecule has 85 heavy (non-hydrogen) atoms. The molecule has 0 bridgehead atoms. The molecule has 0 rings (SSSR count). The zero-order chi connectivity index (χ0) is 61.2. The van der Waals surface area contributed by atoms with Gasteiger partial charge in [-0.3, -0.25) is 4.79 Å². The summed E-state index contributed by atoms with van der Waals surface area (Å²) in [4.78, 5) is 12.6. The fraction of sp³-hybridized carbons (Fsp3) is 0.765. The number of amides is 1. The lowest BCUT2D eigenvalue weighted by molar-refractivity contribution is -0.123. The first-order valence-corrected chi connectivity index (χ1v) is 37.6. The molecule has 0 aromatic rings. The van der Waals surface area contributed by atoms with Crippen LogP contribution in [-0.2, 0) is 4.79 Å². The molecule has 0 aliphatic heterocycles. The molecule has 2 unspecified atom stereocenters. The molecule has 4 heteroatoms. The molecule has 0 saturated carbocycles. The highest BCUT2D eigenvalue weighted by atomic mass is 16.3. The summed E-state index contributed by atoms with van der Waals surface area (Å²) < 4.78 is 0. The van der Waals surface area contributed by atoms with Crippen molar-refractivity contribution in [2.45, 2.75) is 392 Å². The first-order chi connectivity index (χ1) is 42.2. The maximum atomic E-state index is 12.6. The van der Waals surface area contributed by atoms with Gasteiger partial charge in [0.25, 0.3) is 0 Å². The first-order valence-electron chi connectivity index (χ1n) is 37.6. The monoisotopic (exact) mass is 1180 g/mol. The fourth-order valence-electron chi connectivity index (χ4n) is 11.3. The number of aliphatic hydroxyl groups excluding tert-OH is 2. The fourth-order valence-corrected chi connectivity index (χ4v) is 11.3. The van der Waals surface area contributed by atoms with Gasteiger partial charge >= 0.3 is 0 Å². The summed E-state index contributed by atoms with van der Waals surface area (Å²) in [6.07, 6.45) is 113. The second-order valence-electron chi connectivity index (χ2n) is 25.3. The van der Waals surface area contributed by atoms with Crippen LogP contribution in [0.2, 0.25) is 0 Å². The van der Waals surface area contributed by atoms with Crippen LogP contribution in [0.5, 0.6) is 0 Å². The zero-order valence-electron chi connectivity index (χ0n) is 56.9. The molecule has 0 radical (unpaired) electrons. The van der Waals surface area contributed by atoms with Crippen molar-refractivity contribution >= 4 is 5.91 Å². The summed E-state index contributed by atoms with van der Waals surface area (Å²) in [5.74, 6) is -0.0738. The van der Waals surface area contributed by atoms with Gasteiger partial charge in [-0.1, -0.05) is 386 Å². The molecule has 0 aromatic heterocycles. The van der Waals surface area contributed by atoms with Gasteiger partial charge in [0.15, 0.2) is 0 Å². The van der Waals surface area contributed by atoms with Crippen molar-refractivity contribution in [3.05, 3.63) is 109 Å². The Morgan fingerprint density at radius 1 is 0.294 bits per heavy atom. The molecule has 0 aliphatic rings. The predicted molar refractivity (Wildman–Crippen MR) is 382 cm³/mol. The van der Waals surface area contributed by atoms with Gasteiger partial charge in [-0.25, -0.2) is 0 Å². The molecule has 2 atom stereocenters. The molecule has 3 N–H and O–H groups in total. The van der Waals surface area contributed by atoms with Crippen molar-refractivity contribution in [1.82, 2.24) is 5.32 Å². The van der Waals surface area contributed by atoms with Crippen molar-refractivity contribution in [2.75, 3.05) is 6.61 Å². The summed E-state index contributed by atoms with van der Waals surface area (Å²) in [7, 11) is 0. The van der Waals surface area contributed by atoms with Crippen LogP contribution < -0.4 is 5.32 Å². The summed E-state index contributed by atoms with van der Waals surface area (Å²) >= 11 is 0. The molecule has 4 nitrogen and oxygen atoms in total. The minimum absolute atomic E-state index is 0.0738. The maximum absolute atomic E-state index is 12.6. The highest BCUT2D eigenvalue weighted by Gasteiger charge is 2.18. The quantitative estimate of drug-likeness (QED) is 0.0420. The predicted octanol–water partition coefficient (Wildman–Crippen LogP) is 26.1. The number of unbranched alkanes of at least 4 members (excludes halogenated alkanes) is 46. The van der Waals surface area contributed by atoms with Crippen molar-refractivity contribution in [3.63, 3.8) is 0 Å². The number of carbonyl (C=O) groups excluding carboxylic acids is 1. The Balaban J connectivity index is 3.48. The van der Waals surface area contributed by atoms with Gasteiger partial charge in [0.1, 0.15) is 0 Å². The lowest BCUT2D eigenvalue weighted by Crippen LogP contribution is -2.45. The number of rotatable bonds is 69. The summed E-state index contributed by atoms with van der Waals surface area (Å²) in [6, 6.07) is -0.651. The van der Waals surface area contributed by atoms with E-state index in [4.69, 9.17) is 0 Å². The van der Waals surface area contributed by atoms with E-state index in [-0.39, 0.29) is 12.5 Å². The van der Waals surface area contributed by atoms with Crippen molar-refractivity contribution in [3.8, 4) is 0 Å². The van der Waals surface area contributed by atoms with Crippen LogP contribution in [0.25, 0.3) is 0 Å². The average Bonchev–Trinajstić information content (AvgIpc) is 3.51. The molecule has 0 fully saturated rings. The topological polar surface area (TPSA) is 69.6 Å². The van der Waals surface area contributed by atoms with E-state index >= 15 is 0 Å². The third kappa shape index (κ3) is 71.7. The standard InChI is InChI=1S/C81H145NO3/c1-3-5-7-9-11-13-15-17-19-21-23-25-27-29-31-33-35-37-38-39-40-41-42-43-44-45-47-49-51-53-55-57-59-61-63-65-67-69-71-73-75-77-81(85)82-79(78-83)80(84)76-74-72-70-68-66-64-62-60-58-56-54-52-50-48-46-36-34-32-30-28-26-24-22-20-18-16-14-12-10-8-6-4-2/h5,7,11,13,17,19,23,25,29,31,35,37,58,60,66,68,74,76,79-80,83-84H,3-4,6,8-10,12,14-16,18,20-22,24,26-28,30,32-34,36,38-57,59,61-65,67,69-73,75,77-78H2,1-2H3,(H,82,85)/b7-5-,13-11-,19-17-,25-23-,31-29-,37-35-,60-58+,68-66+,76-74+. The Morgan fingerprint density at radius 2 is 0.529 bits per heavy atom. The van der Waals surface area contributed by atoms with Crippen LogP contribution >= 0.6 is 0 Å². The van der Waals surface area contributed by atoms with Crippen LogP contribution in [0.3, 0.4) is 0 Å². The van der Waals surface area contributed by atoms with E-state index in [1.807, 2.05) is 6.08 Å². The highest BCUT2D eigenvalue weighted by molar-refractivity contribution is 5.76. The molecule has 0 saturated heterocycles. The zero-order valence-corrected chi connectivity index (χ0v) is 56.9. The molecule has 1 amide bonds. The Bertz CT molecular complexity index is 1580. The smallest absolute Gasteiger partial charge is 0.220 e. The van der Waals surface area contributed by atoms with E-state index in [1.165, 1.54) is 283 Å². The Morgan fingerprint density at radius 3 is 0.824 bits per heavy atom. The normalized spacial score (nSPS) is 13.3. The number of hydrogen-bond acceptors (Lipinski definition) is 3. The number of nitrogens with one attached hydrogen (secondary N) is 1. The van der Waals surface area contributed by atoms with Gasteiger partial charge in [0, 0.05) is 6.42 Å². The summed E-state index contributed by atoms with van der Waals surface area (Å²) in [6.45, 7) is 4.21. The lowest BCUT2D eigenvalue weighted by Gasteiger charge is -2.19. The molecular formula is C81H145NO3. The van der Waals surface area contributed by atoms with Crippen molar-refractivity contribution in [2.24, 2.45) is 0 Å². The molecule has 0 heterocycles. The summed E-state index contributed by atoms with van der Waals surface area (Å²) in [5, 5.41) is 23.3. The molecular weight excluding hydrogens is 1030 g/mol. The average molecular weight is 1180 g/mol. The second-order valence-corrected chi connectivity index (χ2v) is 25.3. The van der Waals surface area contributed by atoms with E-state index in [2.05, 4.69) is 116 Å². The van der Waals surface area contributed by atoms with Crippen molar-refractivity contribution in [1.29, 1.82) is 0 Å². The molecule has 0 aliphatic carbocycles. The first kappa shape index (κ1) is 82.0. The summed E-state index contributed by atoms with van der Waals surface area (Å²) in [5.41, 5.74) is 0. The van der Waals surface area contributed by atoms with Crippen LogP contribution in [0.15, 0.2) is 109 Å². The van der Waals surface area contributed by atoms with E-state index in [0.29, 0.717) is 6.42 Å². The molecule has 0 aromatic carbocycles. The van der Waals surface area contributed by atoms with Gasteiger partial charge in [-0.2, -0.15) is 0 Å². The minimum Gasteiger partial charge on any atom is -0.394 e. The van der Waals surface area contributed by atoms with Gasteiger partial charge in [0.05, 0.1) is 18.8 Å². The minimum atomic E-state index is -0.876. The van der Waals surface area contributed by atoms with Crippen molar-refractivity contribution < 1.29 is 15.0 Å². The van der Waals surface area contributed by atoms with Gasteiger partial charge in [-0.05, 0) is 96.3 Å². The Kier molecular flexibility index (Phi) is 72.7. The number of carbonyl (C=O) groups is 1. The molecule has 492 valence electrons. The van der Waals surface area contributed by atoms with E-state index < -0.39 is 12.1 Å². The second kappa shape index (κ2) is 75.3. The third-order valence-corrected chi connectivity index (χ3v) is 17.0. The van der Waals surface area contributed by atoms with Gasteiger partial charge in [-0.15, -0.1) is 0 Å². The van der Waals surface area contributed by atoms with E-state index in [9.17, 15) is 15.0 Å². The lowest BCUT2D eigenvalue weighted by atomic mass is 10.0. The van der Waals surface area contributed by atoms with Crippen LogP contribution in [0.4, 0.5) is 0 Å². The van der Waals surface area contributed by atoms with E-state index in [1.54, 1.807) is 6.08 Å². The Labute approximate surface area is 531 Å². The van der Waals surface area contributed by atoms with Crippen LogP contribution in [0, 0.1) is 0 Å². The van der Waals surface area contributed by atoms with Gasteiger partial charge < -0.3 is 15.5 Å². The van der Waals surface area contributed by atoms with Gasteiger partial charge in [0.2, 0.25) is 5.91 Å². The number of hydrogen-bond donors (Lipinski definition) is 3. The molecule has 0 spiro atoms. The van der Waals surface area contributed by atoms with Crippen LogP contribution in [-0.4, -0.2) is 34.9 Å². The highest BCUT2D eigenvalue weighted by Crippen LogP contribution is 2.19. The Hall–Kier alpha value is -2.95. The number of aliphatic hydroxyl groups is 2. The van der Waals surface area contributed by atoms with Crippen LogP contribution in [0.1, 0.15) is 380 Å². The van der Waals surface area contributed by atoms with E-state index in [0.717, 1.165) is 77.0 Å². The SMILES string of the molecule is CC/C=C\C/C=C\C/C=C\C/C=C\C/C=C\C/C=C\CCCCCCCCCCCCCCCCCCCCCCCCC(=O)NC(CO)C(O)/C=C/CC/C=C/CC/C=C/CCCCCCCCCCCCCCCCCCCCCCCC. The number of allylic oxidation sites excluding steroid dienone is 17. The maximum Gasteiger partial charge on any atom is 0.220 e. The largest absolute Gasteiger partial charge is 0.394 e. The third-order valence-electron chi connectivity index (χ3n) is 17.0.